The van der Waals surface area contributed by atoms with Gasteiger partial charge < -0.3 is 20.5 Å². The van der Waals surface area contributed by atoms with Crippen LogP contribution in [0.5, 0.6) is 0 Å². The van der Waals surface area contributed by atoms with Gasteiger partial charge in [0.25, 0.3) is 0 Å². The van der Waals surface area contributed by atoms with E-state index in [9.17, 15) is 0 Å². The van der Waals surface area contributed by atoms with Crippen molar-refractivity contribution in [2.45, 2.75) is 12.0 Å². The molecule has 3 N–H and O–H groups in total. The van der Waals surface area contributed by atoms with Crippen LogP contribution in [0.4, 0.5) is 5.69 Å². The van der Waals surface area contributed by atoms with Gasteiger partial charge >= 0.3 is 0 Å². The van der Waals surface area contributed by atoms with Crippen LogP contribution in [-0.4, -0.2) is 42.4 Å². The topological polar surface area (TPSA) is 69.4 Å². The molecule has 1 atom stereocenters. The molecule has 0 spiro atoms. The first-order valence-corrected chi connectivity index (χ1v) is 6.19. The Kier molecular flexibility index (Phi) is 4.11. The van der Waals surface area contributed by atoms with Gasteiger partial charge in [-0.3, -0.25) is 4.98 Å². The Bertz CT molecular complexity index is 433. The highest BCUT2D eigenvalue weighted by atomic mass is 32.1. The van der Waals surface area contributed by atoms with Crippen molar-refractivity contribution in [3.05, 3.63) is 24.0 Å². The quantitative estimate of drug-likeness (QED) is 0.774. The van der Waals surface area contributed by atoms with Crippen LogP contribution in [0, 0.1) is 0 Å². The van der Waals surface area contributed by atoms with E-state index in [-0.39, 0.29) is 10.6 Å². The average Bonchev–Trinajstić information content (AvgIpc) is 2.86. The molecule has 1 aromatic rings. The highest BCUT2D eigenvalue weighted by Crippen LogP contribution is 2.23. The summed E-state index contributed by atoms with van der Waals surface area (Å²) < 4.78 is 10.9. The van der Waals surface area contributed by atoms with Crippen LogP contribution in [0.3, 0.4) is 0 Å². The van der Waals surface area contributed by atoms with Crippen LogP contribution < -0.4 is 11.1 Å². The standard InChI is InChI=1S/C12H17N3O2S/c1-16-12(4-6-17-8-12)7-15-9-3-2-5-14-10(9)11(13)18/h2-3,5,15H,4,6-8H2,1H3,(H2,13,18). The smallest absolute Gasteiger partial charge is 0.124 e. The number of pyridine rings is 1. The highest BCUT2D eigenvalue weighted by Gasteiger charge is 2.34. The van der Waals surface area contributed by atoms with E-state index in [0.29, 0.717) is 18.8 Å². The van der Waals surface area contributed by atoms with Crippen molar-refractivity contribution in [1.82, 2.24) is 4.98 Å². The van der Waals surface area contributed by atoms with Gasteiger partial charge in [0.1, 0.15) is 16.3 Å². The monoisotopic (exact) mass is 267 g/mol. The molecule has 1 fully saturated rings. The molecule has 98 valence electrons. The first-order chi connectivity index (χ1) is 8.67. The molecule has 2 heterocycles. The molecule has 0 aromatic carbocycles. The number of hydrogen-bond acceptors (Lipinski definition) is 5. The van der Waals surface area contributed by atoms with E-state index >= 15 is 0 Å². The van der Waals surface area contributed by atoms with E-state index in [1.807, 2.05) is 12.1 Å². The van der Waals surface area contributed by atoms with Crippen molar-refractivity contribution in [2.24, 2.45) is 5.73 Å². The number of rotatable bonds is 5. The van der Waals surface area contributed by atoms with Gasteiger partial charge in [-0.25, -0.2) is 0 Å². The summed E-state index contributed by atoms with van der Waals surface area (Å²) in [4.78, 5) is 4.46. The number of aromatic nitrogens is 1. The molecule has 0 bridgehead atoms. The van der Waals surface area contributed by atoms with E-state index in [0.717, 1.165) is 18.7 Å². The first kappa shape index (κ1) is 13.2. The van der Waals surface area contributed by atoms with E-state index < -0.39 is 0 Å². The maximum absolute atomic E-state index is 5.64. The van der Waals surface area contributed by atoms with Gasteiger partial charge in [-0.2, -0.15) is 0 Å². The number of ether oxygens (including phenoxy) is 2. The van der Waals surface area contributed by atoms with E-state index in [1.54, 1.807) is 13.3 Å². The van der Waals surface area contributed by atoms with Crippen LogP contribution in [0.25, 0.3) is 0 Å². The van der Waals surface area contributed by atoms with Crippen LogP contribution in [0.2, 0.25) is 0 Å². The first-order valence-electron chi connectivity index (χ1n) is 5.78. The van der Waals surface area contributed by atoms with E-state index in [2.05, 4.69) is 10.3 Å². The largest absolute Gasteiger partial charge is 0.388 e. The van der Waals surface area contributed by atoms with Gasteiger partial charge in [0.15, 0.2) is 0 Å². The number of methoxy groups -OCH3 is 1. The third kappa shape index (κ3) is 2.77. The Morgan fingerprint density at radius 2 is 2.56 bits per heavy atom. The number of thiocarbonyl (C=S) groups is 1. The number of nitrogens with zero attached hydrogens (tertiary/aromatic N) is 1. The average molecular weight is 267 g/mol. The van der Waals surface area contributed by atoms with Crippen LogP contribution in [-0.2, 0) is 9.47 Å². The van der Waals surface area contributed by atoms with Crippen LogP contribution >= 0.6 is 12.2 Å². The number of hydrogen-bond donors (Lipinski definition) is 2. The van der Waals surface area contributed by atoms with Gasteiger partial charge in [0.05, 0.1) is 12.3 Å². The Labute approximate surface area is 112 Å². The minimum absolute atomic E-state index is 0.274. The second kappa shape index (κ2) is 5.60. The summed E-state index contributed by atoms with van der Waals surface area (Å²) >= 11 is 4.97. The minimum atomic E-state index is -0.274. The van der Waals surface area contributed by atoms with Crippen molar-refractivity contribution in [3.8, 4) is 0 Å². The second-order valence-corrected chi connectivity index (χ2v) is 4.75. The molecule has 1 aliphatic heterocycles. The molecular formula is C12H17N3O2S. The zero-order valence-corrected chi connectivity index (χ0v) is 11.1. The van der Waals surface area contributed by atoms with Crippen molar-refractivity contribution < 1.29 is 9.47 Å². The third-order valence-corrected chi connectivity index (χ3v) is 3.34. The summed E-state index contributed by atoms with van der Waals surface area (Å²) in [5.41, 5.74) is 6.80. The maximum Gasteiger partial charge on any atom is 0.124 e. The lowest BCUT2D eigenvalue weighted by molar-refractivity contribution is -0.00620. The third-order valence-electron chi connectivity index (χ3n) is 3.14. The second-order valence-electron chi connectivity index (χ2n) is 4.31. The molecule has 6 heteroatoms. The molecule has 1 aromatic heterocycles. The molecule has 1 aliphatic rings. The predicted octanol–water partition coefficient (Wildman–Crippen LogP) is 0.933. The highest BCUT2D eigenvalue weighted by molar-refractivity contribution is 7.80. The lowest BCUT2D eigenvalue weighted by Crippen LogP contribution is -2.40. The summed E-state index contributed by atoms with van der Waals surface area (Å²) in [5, 5.41) is 3.29. The molecule has 0 saturated carbocycles. The fourth-order valence-corrected chi connectivity index (χ4v) is 2.12. The van der Waals surface area contributed by atoms with Crippen molar-refractivity contribution in [3.63, 3.8) is 0 Å². The molecule has 18 heavy (non-hydrogen) atoms. The Morgan fingerprint density at radius 1 is 1.72 bits per heavy atom. The summed E-state index contributed by atoms with van der Waals surface area (Å²) in [7, 11) is 1.70. The lowest BCUT2D eigenvalue weighted by Gasteiger charge is -2.26. The number of nitrogens with one attached hydrogen (secondary N) is 1. The van der Waals surface area contributed by atoms with Crippen LogP contribution in [0.1, 0.15) is 12.1 Å². The Morgan fingerprint density at radius 3 is 3.17 bits per heavy atom. The van der Waals surface area contributed by atoms with Gasteiger partial charge in [-0.15, -0.1) is 0 Å². The Hall–Kier alpha value is -1.24. The molecule has 1 unspecified atom stereocenters. The number of anilines is 1. The summed E-state index contributed by atoms with van der Waals surface area (Å²) in [6, 6.07) is 3.75. The van der Waals surface area contributed by atoms with Gasteiger partial charge in [-0.05, 0) is 12.1 Å². The van der Waals surface area contributed by atoms with Gasteiger partial charge in [0.2, 0.25) is 0 Å². The fraction of sp³-hybridized carbons (Fsp3) is 0.500. The summed E-state index contributed by atoms with van der Waals surface area (Å²) in [6.45, 7) is 1.97. The van der Waals surface area contributed by atoms with Gasteiger partial charge in [0, 0.05) is 32.9 Å². The zero-order chi connectivity index (χ0) is 13.0. The fourth-order valence-electron chi connectivity index (χ4n) is 1.96. The molecule has 0 radical (unpaired) electrons. The molecule has 1 saturated heterocycles. The molecule has 5 nitrogen and oxygen atoms in total. The lowest BCUT2D eigenvalue weighted by atomic mass is 10.0. The minimum Gasteiger partial charge on any atom is -0.388 e. The molecule has 0 amide bonds. The molecule has 0 aliphatic carbocycles. The normalized spacial score (nSPS) is 22.9. The maximum atomic E-state index is 5.64. The Balaban J connectivity index is 2.08. The number of nitrogens with two attached hydrogens (primary N) is 1. The van der Waals surface area contributed by atoms with Gasteiger partial charge in [-0.1, -0.05) is 12.2 Å². The SMILES string of the molecule is COC1(CNc2cccnc2C(N)=S)CCOC1. The summed E-state index contributed by atoms with van der Waals surface area (Å²) in [5.74, 6) is 0. The van der Waals surface area contributed by atoms with Crippen molar-refractivity contribution in [1.29, 1.82) is 0 Å². The molecule has 2 rings (SSSR count). The van der Waals surface area contributed by atoms with Crippen LogP contribution in [0.15, 0.2) is 18.3 Å². The predicted molar refractivity (Wildman–Crippen MR) is 73.8 cm³/mol. The molecular weight excluding hydrogens is 250 g/mol. The summed E-state index contributed by atoms with van der Waals surface area (Å²) in [6.07, 6.45) is 2.55. The van der Waals surface area contributed by atoms with Crippen molar-refractivity contribution >= 4 is 22.9 Å². The van der Waals surface area contributed by atoms with E-state index in [1.165, 1.54) is 0 Å². The van der Waals surface area contributed by atoms with E-state index in [4.69, 9.17) is 27.4 Å². The zero-order valence-electron chi connectivity index (χ0n) is 10.3. The van der Waals surface area contributed by atoms with Crippen molar-refractivity contribution in [2.75, 3.05) is 32.2 Å².